The van der Waals surface area contributed by atoms with Gasteiger partial charge in [0.15, 0.2) is 0 Å². The van der Waals surface area contributed by atoms with Crippen molar-refractivity contribution in [2.24, 2.45) is 7.05 Å². The molecular formula is C23H18N4O. The van der Waals surface area contributed by atoms with Crippen LogP contribution in [0.2, 0.25) is 0 Å². The molecule has 0 saturated heterocycles. The summed E-state index contributed by atoms with van der Waals surface area (Å²) in [5.41, 5.74) is 4.60. The van der Waals surface area contributed by atoms with Crippen molar-refractivity contribution in [2.75, 3.05) is 5.32 Å². The Morgan fingerprint density at radius 3 is 2.50 bits per heavy atom. The monoisotopic (exact) mass is 366 g/mol. The van der Waals surface area contributed by atoms with Crippen LogP contribution in [0.4, 0.5) is 5.69 Å². The van der Waals surface area contributed by atoms with E-state index in [0.29, 0.717) is 17.0 Å². The Morgan fingerprint density at radius 1 is 1.00 bits per heavy atom. The summed E-state index contributed by atoms with van der Waals surface area (Å²) in [6, 6.07) is 19.1. The number of para-hydroxylation sites is 1. The zero-order valence-electron chi connectivity index (χ0n) is 15.6. The summed E-state index contributed by atoms with van der Waals surface area (Å²) in [5.74, 6) is 6.03. The Hall–Kier alpha value is -3.91. The van der Waals surface area contributed by atoms with E-state index in [0.717, 1.165) is 16.6 Å². The van der Waals surface area contributed by atoms with E-state index in [1.165, 1.54) is 11.9 Å². The van der Waals surface area contributed by atoms with Crippen LogP contribution in [0.15, 0.2) is 67.0 Å². The number of carbonyl (C=O) groups excluding carboxylic acids is 1. The van der Waals surface area contributed by atoms with Crippen molar-refractivity contribution in [2.45, 2.75) is 6.92 Å². The average Bonchev–Trinajstić information content (AvgIpc) is 3.06. The molecule has 0 saturated carbocycles. The number of nitrogens with zero attached hydrogens (tertiary/aromatic N) is 3. The van der Waals surface area contributed by atoms with Crippen molar-refractivity contribution in [1.82, 2.24) is 14.5 Å². The molecule has 2 aromatic heterocycles. The van der Waals surface area contributed by atoms with E-state index in [1.807, 2.05) is 68.6 Å². The van der Waals surface area contributed by atoms with Crippen molar-refractivity contribution in [1.29, 1.82) is 0 Å². The summed E-state index contributed by atoms with van der Waals surface area (Å²) in [5, 5.41) is 3.65. The highest BCUT2D eigenvalue weighted by molar-refractivity contribution is 6.06. The lowest BCUT2D eigenvalue weighted by Gasteiger charge is -2.05. The van der Waals surface area contributed by atoms with E-state index in [9.17, 15) is 4.79 Å². The molecule has 0 bridgehead atoms. The lowest BCUT2D eigenvalue weighted by molar-refractivity contribution is 0.101. The van der Waals surface area contributed by atoms with E-state index in [-0.39, 0.29) is 5.91 Å². The second-order valence-electron chi connectivity index (χ2n) is 6.48. The number of nitrogens with one attached hydrogen (secondary N) is 1. The van der Waals surface area contributed by atoms with Gasteiger partial charge in [-0.15, -0.1) is 0 Å². The number of aromatic nitrogens is 3. The Bertz CT molecular complexity index is 1210. The third kappa shape index (κ3) is 3.49. The summed E-state index contributed by atoms with van der Waals surface area (Å²) in [6.07, 6.45) is 1.47. The molecule has 1 amide bonds. The fourth-order valence-electron chi connectivity index (χ4n) is 2.94. The fourth-order valence-corrected chi connectivity index (χ4v) is 2.94. The van der Waals surface area contributed by atoms with Crippen LogP contribution in [0.5, 0.6) is 0 Å². The minimum Gasteiger partial charge on any atom is -0.324 e. The van der Waals surface area contributed by atoms with Gasteiger partial charge in [0.05, 0.1) is 5.39 Å². The number of hydrogen-bond acceptors (Lipinski definition) is 3. The van der Waals surface area contributed by atoms with Crippen LogP contribution in [0.25, 0.3) is 11.0 Å². The van der Waals surface area contributed by atoms with Crippen LogP contribution in [0.3, 0.4) is 0 Å². The molecule has 0 fully saturated rings. The molecular weight excluding hydrogens is 348 g/mol. The molecule has 1 N–H and O–H groups in total. The molecule has 2 heterocycles. The molecule has 28 heavy (non-hydrogen) atoms. The minimum absolute atomic E-state index is 0.204. The molecule has 0 aliphatic carbocycles. The lowest BCUT2D eigenvalue weighted by atomic mass is 10.1. The number of fused-ring (bicyclic) bond motifs is 1. The Kier molecular flexibility index (Phi) is 4.61. The first-order valence-corrected chi connectivity index (χ1v) is 8.87. The Balaban J connectivity index is 1.70. The van der Waals surface area contributed by atoms with Crippen LogP contribution in [-0.4, -0.2) is 20.4 Å². The Morgan fingerprint density at radius 2 is 1.75 bits per heavy atom. The molecule has 0 aliphatic heterocycles. The zero-order chi connectivity index (χ0) is 19.5. The molecule has 2 aromatic carbocycles. The summed E-state index contributed by atoms with van der Waals surface area (Å²) in [6.45, 7) is 2.04. The summed E-state index contributed by atoms with van der Waals surface area (Å²) >= 11 is 0. The average molecular weight is 366 g/mol. The molecule has 4 aromatic rings. The van der Waals surface area contributed by atoms with Crippen molar-refractivity contribution in [3.63, 3.8) is 0 Å². The van der Waals surface area contributed by atoms with Crippen LogP contribution in [-0.2, 0) is 7.05 Å². The highest BCUT2D eigenvalue weighted by Crippen LogP contribution is 2.20. The predicted octanol–water partition coefficient (Wildman–Crippen LogP) is 3.93. The SMILES string of the molecule is Cc1ccc(C#Cc2ncnc3c2cc(C(=O)Nc2ccccc2)n3C)cc1. The second-order valence-corrected chi connectivity index (χ2v) is 6.48. The number of rotatable bonds is 2. The molecule has 0 atom stereocenters. The summed E-state index contributed by atoms with van der Waals surface area (Å²) in [4.78, 5) is 21.3. The van der Waals surface area contributed by atoms with Gasteiger partial charge in [0, 0.05) is 18.3 Å². The van der Waals surface area contributed by atoms with Gasteiger partial charge in [-0.25, -0.2) is 9.97 Å². The maximum absolute atomic E-state index is 12.7. The third-order valence-corrected chi connectivity index (χ3v) is 4.46. The van der Waals surface area contributed by atoms with E-state index < -0.39 is 0 Å². The van der Waals surface area contributed by atoms with Gasteiger partial charge in [-0.2, -0.15) is 0 Å². The van der Waals surface area contributed by atoms with Gasteiger partial charge >= 0.3 is 0 Å². The van der Waals surface area contributed by atoms with E-state index >= 15 is 0 Å². The number of anilines is 1. The molecule has 0 radical (unpaired) electrons. The van der Waals surface area contributed by atoms with E-state index in [4.69, 9.17) is 0 Å². The van der Waals surface area contributed by atoms with Gasteiger partial charge in [0.1, 0.15) is 23.4 Å². The molecule has 0 unspecified atom stereocenters. The standard InChI is InChI=1S/C23H18N4O/c1-16-8-10-17(11-9-16)12-13-20-19-14-21(27(2)22(19)25-15-24-20)23(28)26-18-6-4-3-5-7-18/h3-11,14-15H,1-2H3,(H,26,28). The molecule has 4 rings (SSSR count). The highest BCUT2D eigenvalue weighted by Gasteiger charge is 2.16. The number of benzene rings is 2. The van der Waals surface area contributed by atoms with Gasteiger partial charge in [0.25, 0.3) is 5.91 Å². The largest absolute Gasteiger partial charge is 0.324 e. The summed E-state index contributed by atoms with van der Waals surface area (Å²) < 4.78 is 1.76. The maximum Gasteiger partial charge on any atom is 0.272 e. The number of aryl methyl sites for hydroxylation is 2. The fraction of sp³-hybridized carbons (Fsp3) is 0.0870. The van der Waals surface area contributed by atoms with Crippen molar-refractivity contribution in [3.05, 3.63) is 89.5 Å². The van der Waals surface area contributed by atoms with Gasteiger partial charge < -0.3 is 9.88 Å². The van der Waals surface area contributed by atoms with E-state index in [2.05, 4.69) is 27.1 Å². The zero-order valence-corrected chi connectivity index (χ0v) is 15.6. The normalized spacial score (nSPS) is 10.4. The van der Waals surface area contributed by atoms with Gasteiger partial charge in [-0.05, 0) is 43.2 Å². The molecule has 136 valence electrons. The van der Waals surface area contributed by atoms with Gasteiger partial charge in [-0.3, -0.25) is 4.79 Å². The van der Waals surface area contributed by atoms with Crippen LogP contribution in [0.1, 0.15) is 27.3 Å². The van der Waals surface area contributed by atoms with E-state index in [1.54, 1.807) is 10.6 Å². The van der Waals surface area contributed by atoms with Crippen molar-refractivity contribution >= 4 is 22.6 Å². The van der Waals surface area contributed by atoms with Crippen LogP contribution < -0.4 is 5.32 Å². The number of amides is 1. The van der Waals surface area contributed by atoms with Crippen molar-refractivity contribution in [3.8, 4) is 11.8 Å². The topological polar surface area (TPSA) is 59.8 Å². The lowest BCUT2D eigenvalue weighted by Crippen LogP contribution is -2.15. The summed E-state index contributed by atoms with van der Waals surface area (Å²) in [7, 11) is 1.81. The number of hydrogen-bond donors (Lipinski definition) is 1. The molecule has 0 spiro atoms. The quantitative estimate of drug-likeness (QED) is 0.547. The Labute approximate surface area is 163 Å². The van der Waals surface area contributed by atoms with Gasteiger partial charge in [-0.1, -0.05) is 41.8 Å². The second kappa shape index (κ2) is 7.37. The first-order valence-electron chi connectivity index (χ1n) is 8.87. The molecule has 5 nitrogen and oxygen atoms in total. The first kappa shape index (κ1) is 17.5. The van der Waals surface area contributed by atoms with Crippen molar-refractivity contribution < 1.29 is 4.79 Å². The van der Waals surface area contributed by atoms with Crippen LogP contribution >= 0.6 is 0 Å². The number of carbonyl (C=O) groups is 1. The maximum atomic E-state index is 12.7. The molecule has 5 heteroatoms. The molecule has 0 aliphatic rings. The minimum atomic E-state index is -0.204. The van der Waals surface area contributed by atoms with Crippen LogP contribution in [0, 0.1) is 18.8 Å². The highest BCUT2D eigenvalue weighted by atomic mass is 16.1. The first-order chi connectivity index (χ1) is 13.6. The van der Waals surface area contributed by atoms with Gasteiger partial charge in [0.2, 0.25) is 0 Å². The predicted molar refractivity (Wildman–Crippen MR) is 110 cm³/mol. The third-order valence-electron chi connectivity index (χ3n) is 4.46. The smallest absolute Gasteiger partial charge is 0.272 e.